The summed E-state index contributed by atoms with van der Waals surface area (Å²) < 4.78 is 3.09. The van der Waals surface area contributed by atoms with E-state index in [0.717, 1.165) is 5.56 Å². The SMILES string of the molecule is N=C(OCC=C=Cc1ccccc1)C(Cl)(Cl)Cl. The molecule has 1 N–H and O–H groups in total. The van der Waals surface area contributed by atoms with E-state index >= 15 is 0 Å². The first-order chi connectivity index (χ1) is 8.00. The van der Waals surface area contributed by atoms with Crippen LogP contribution in [0.4, 0.5) is 0 Å². The predicted molar refractivity (Wildman–Crippen MR) is 73.0 cm³/mol. The van der Waals surface area contributed by atoms with Gasteiger partial charge in [0.25, 0.3) is 3.79 Å². The topological polar surface area (TPSA) is 33.1 Å². The molecule has 0 aliphatic carbocycles. The summed E-state index contributed by atoms with van der Waals surface area (Å²) in [5.41, 5.74) is 3.94. The smallest absolute Gasteiger partial charge is 0.265 e. The van der Waals surface area contributed by atoms with Crippen LogP contribution in [-0.2, 0) is 4.74 Å². The van der Waals surface area contributed by atoms with Gasteiger partial charge in [0.1, 0.15) is 6.61 Å². The fraction of sp³-hybridized carbons (Fsp3) is 0.167. The zero-order chi connectivity index (χ0) is 12.7. The Labute approximate surface area is 115 Å². The molecule has 0 bridgehead atoms. The zero-order valence-corrected chi connectivity index (χ0v) is 11.1. The van der Waals surface area contributed by atoms with Crippen molar-refractivity contribution in [1.82, 2.24) is 0 Å². The highest BCUT2D eigenvalue weighted by Gasteiger charge is 2.28. The molecule has 0 radical (unpaired) electrons. The molecule has 90 valence electrons. The quantitative estimate of drug-likeness (QED) is 0.384. The van der Waals surface area contributed by atoms with Crippen molar-refractivity contribution in [2.75, 3.05) is 6.61 Å². The molecule has 1 aromatic carbocycles. The maximum absolute atomic E-state index is 7.26. The molecule has 0 aliphatic rings. The van der Waals surface area contributed by atoms with Crippen molar-refractivity contribution in [2.45, 2.75) is 3.79 Å². The highest BCUT2D eigenvalue weighted by atomic mass is 35.6. The highest BCUT2D eigenvalue weighted by Crippen LogP contribution is 2.27. The molecule has 1 aromatic rings. The van der Waals surface area contributed by atoms with E-state index in [0.29, 0.717) is 0 Å². The second kappa shape index (κ2) is 6.73. The summed E-state index contributed by atoms with van der Waals surface area (Å²) in [6.45, 7) is 0.135. The van der Waals surface area contributed by atoms with Gasteiger partial charge < -0.3 is 4.74 Å². The lowest BCUT2D eigenvalue weighted by molar-refractivity contribution is 0.340. The van der Waals surface area contributed by atoms with Crippen LogP contribution in [0.25, 0.3) is 6.08 Å². The largest absolute Gasteiger partial charge is 0.473 e. The van der Waals surface area contributed by atoms with Gasteiger partial charge in [0.05, 0.1) is 0 Å². The molecule has 0 saturated heterocycles. The zero-order valence-electron chi connectivity index (χ0n) is 8.79. The third kappa shape index (κ3) is 5.81. The third-order valence-electron chi connectivity index (χ3n) is 1.74. The molecular weight excluding hydrogens is 280 g/mol. The van der Waals surface area contributed by atoms with Crippen LogP contribution in [-0.4, -0.2) is 16.3 Å². The molecular formula is C12H10Cl3NO. The first kappa shape index (κ1) is 14.1. The van der Waals surface area contributed by atoms with Gasteiger partial charge in [-0.1, -0.05) is 65.1 Å². The Hall–Kier alpha value is -0.920. The van der Waals surface area contributed by atoms with Crippen molar-refractivity contribution in [3.05, 3.63) is 47.7 Å². The fourth-order valence-electron chi connectivity index (χ4n) is 0.959. The van der Waals surface area contributed by atoms with E-state index in [9.17, 15) is 0 Å². The van der Waals surface area contributed by atoms with E-state index in [1.54, 1.807) is 12.2 Å². The molecule has 0 heterocycles. The monoisotopic (exact) mass is 289 g/mol. The van der Waals surface area contributed by atoms with E-state index < -0.39 is 9.69 Å². The Morgan fingerprint density at radius 3 is 2.53 bits per heavy atom. The second-order valence-electron chi connectivity index (χ2n) is 3.06. The fourth-order valence-corrected chi connectivity index (χ4v) is 1.12. The molecule has 0 aliphatic heterocycles. The Balaban J connectivity index is 2.42. The second-order valence-corrected chi connectivity index (χ2v) is 5.34. The normalized spacial score (nSPS) is 10.3. The van der Waals surface area contributed by atoms with Gasteiger partial charge in [-0.25, -0.2) is 0 Å². The average Bonchev–Trinajstić information content (AvgIpc) is 2.28. The molecule has 0 aromatic heterocycles. The molecule has 1 rings (SSSR count). The summed E-state index contributed by atoms with van der Waals surface area (Å²) in [6, 6.07) is 9.70. The Bertz CT molecular complexity index is 431. The number of hydrogen-bond donors (Lipinski definition) is 1. The Kier molecular flexibility index (Phi) is 5.60. The molecule has 5 heteroatoms. The Morgan fingerprint density at radius 2 is 1.94 bits per heavy atom. The van der Waals surface area contributed by atoms with Crippen LogP contribution >= 0.6 is 34.8 Å². The standard InChI is InChI=1S/C12H10Cl3NO/c13-12(14,15)11(16)17-9-5-4-8-10-6-2-1-3-7-10/h1-3,5-8,16H,9H2. The van der Waals surface area contributed by atoms with Crippen LogP contribution < -0.4 is 0 Å². The first-order valence-electron chi connectivity index (χ1n) is 4.74. The van der Waals surface area contributed by atoms with Crippen molar-refractivity contribution in [3.8, 4) is 0 Å². The van der Waals surface area contributed by atoms with E-state index in [2.05, 4.69) is 5.73 Å². The lowest BCUT2D eigenvalue weighted by atomic mass is 10.2. The number of rotatable bonds is 3. The van der Waals surface area contributed by atoms with Gasteiger partial charge >= 0.3 is 0 Å². The average molecular weight is 291 g/mol. The van der Waals surface area contributed by atoms with Crippen molar-refractivity contribution in [3.63, 3.8) is 0 Å². The van der Waals surface area contributed by atoms with Crippen LogP contribution in [0.3, 0.4) is 0 Å². The van der Waals surface area contributed by atoms with Crippen LogP contribution in [0.1, 0.15) is 5.56 Å². The summed E-state index contributed by atoms with van der Waals surface area (Å²) in [6.07, 6.45) is 3.40. The first-order valence-corrected chi connectivity index (χ1v) is 5.88. The lowest BCUT2D eigenvalue weighted by Gasteiger charge is -2.11. The Morgan fingerprint density at radius 1 is 1.29 bits per heavy atom. The molecule has 17 heavy (non-hydrogen) atoms. The van der Waals surface area contributed by atoms with Gasteiger partial charge in [0.2, 0.25) is 5.90 Å². The van der Waals surface area contributed by atoms with Gasteiger partial charge in [-0.2, -0.15) is 0 Å². The van der Waals surface area contributed by atoms with E-state index in [4.69, 9.17) is 44.9 Å². The van der Waals surface area contributed by atoms with Gasteiger partial charge in [0, 0.05) is 0 Å². The van der Waals surface area contributed by atoms with Gasteiger partial charge in [-0.3, -0.25) is 5.41 Å². The molecule has 0 unspecified atom stereocenters. The van der Waals surface area contributed by atoms with E-state index in [-0.39, 0.29) is 6.61 Å². The number of halogens is 3. The third-order valence-corrected chi connectivity index (χ3v) is 2.25. The number of alkyl halides is 3. The number of benzene rings is 1. The highest BCUT2D eigenvalue weighted by molar-refractivity contribution is 6.76. The molecule has 0 saturated carbocycles. The van der Waals surface area contributed by atoms with Gasteiger partial charge in [0.15, 0.2) is 0 Å². The van der Waals surface area contributed by atoms with Crippen molar-refractivity contribution in [2.24, 2.45) is 0 Å². The predicted octanol–water partition coefficient (Wildman–Crippen LogP) is 4.22. The summed E-state index contributed by atoms with van der Waals surface area (Å²) in [7, 11) is 0. The molecule has 0 atom stereocenters. The van der Waals surface area contributed by atoms with E-state index in [1.807, 2.05) is 30.3 Å². The lowest BCUT2D eigenvalue weighted by Crippen LogP contribution is -2.21. The van der Waals surface area contributed by atoms with E-state index in [1.165, 1.54) is 0 Å². The maximum atomic E-state index is 7.26. The molecule has 0 fully saturated rings. The van der Waals surface area contributed by atoms with Crippen molar-refractivity contribution in [1.29, 1.82) is 5.41 Å². The number of ether oxygens (including phenoxy) is 1. The minimum Gasteiger partial charge on any atom is -0.473 e. The summed E-state index contributed by atoms with van der Waals surface area (Å²) in [4.78, 5) is 0. The van der Waals surface area contributed by atoms with Crippen LogP contribution in [0.2, 0.25) is 0 Å². The van der Waals surface area contributed by atoms with Gasteiger partial charge in [-0.05, 0) is 17.7 Å². The van der Waals surface area contributed by atoms with Crippen LogP contribution in [0.15, 0.2) is 42.1 Å². The van der Waals surface area contributed by atoms with Gasteiger partial charge in [-0.15, -0.1) is 5.73 Å². The minimum absolute atomic E-state index is 0.135. The van der Waals surface area contributed by atoms with Crippen molar-refractivity contribution < 1.29 is 4.74 Å². The van der Waals surface area contributed by atoms with Crippen LogP contribution in [0, 0.1) is 5.41 Å². The summed E-state index contributed by atoms with van der Waals surface area (Å²) in [5.74, 6) is -0.403. The number of nitrogens with one attached hydrogen (secondary N) is 1. The summed E-state index contributed by atoms with van der Waals surface area (Å²) >= 11 is 16.3. The molecule has 2 nitrogen and oxygen atoms in total. The van der Waals surface area contributed by atoms with Crippen molar-refractivity contribution >= 4 is 46.8 Å². The molecule has 0 amide bonds. The summed E-state index contributed by atoms with van der Waals surface area (Å²) in [5, 5.41) is 7.26. The van der Waals surface area contributed by atoms with Crippen LogP contribution in [0.5, 0.6) is 0 Å². The minimum atomic E-state index is -1.81. The number of hydrogen-bond acceptors (Lipinski definition) is 2. The maximum Gasteiger partial charge on any atom is 0.265 e. The molecule has 0 spiro atoms.